The summed E-state index contributed by atoms with van der Waals surface area (Å²) in [5.41, 5.74) is 3.73. The summed E-state index contributed by atoms with van der Waals surface area (Å²) in [5.74, 6) is 0.0147. The molecule has 1 heterocycles. The highest BCUT2D eigenvalue weighted by atomic mass is 16.1. The second-order valence-electron chi connectivity index (χ2n) is 3.86. The van der Waals surface area contributed by atoms with Gasteiger partial charge in [-0.3, -0.25) is 4.79 Å². The number of H-pyrrole nitrogens is 1. The van der Waals surface area contributed by atoms with Crippen molar-refractivity contribution in [1.29, 1.82) is 0 Å². The number of aryl methyl sites for hydroxylation is 1. The van der Waals surface area contributed by atoms with E-state index in [1.807, 2.05) is 38.1 Å². The van der Waals surface area contributed by atoms with Crippen LogP contribution in [-0.4, -0.2) is 15.9 Å². The van der Waals surface area contributed by atoms with Crippen LogP contribution in [0.1, 0.15) is 19.0 Å². The highest BCUT2D eigenvalue weighted by molar-refractivity contribution is 5.91. The molecule has 0 unspecified atom stereocenters. The molecule has 0 saturated heterocycles. The Morgan fingerprint density at radius 3 is 2.94 bits per heavy atom. The predicted octanol–water partition coefficient (Wildman–Crippen LogP) is 2.73. The van der Waals surface area contributed by atoms with E-state index in [1.54, 1.807) is 6.33 Å². The summed E-state index contributed by atoms with van der Waals surface area (Å²) >= 11 is 0. The quantitative estimate of drug-likeness (QED) is 0.850. The van der Waals surface area contributed by atoms with E-state index in [0.29, 0.717) is 6.42 Å². The lowest BCUT2D eigenvalue weighted by Crippen LogP contribution is -2.09. The zero-order valence-corrected chi connectivity index (χ0v) is 9.95. The Bertz CT molecular complexity index is 531. The standard InChI is InChI=1S/C13H15N3O/c1-3-12(17)16-11-6-4-5-10(7-11)13-9(2)14-8-15-13/h4-8H,3H2,1-2H3,(H,14,15)(H,16,17). The molecule has 1 amide bonds. The number of aromatic amines is 1. The lowest BCUT2D eigenvalue weighted by Gasteiger charge is -2.05. The molecule has 1 aromatic carbocycles. The second-order valence-corrected chi connectivity index (χ2v) is 3.86. The van der Waals surface area contributed by atoms with Gasteiger partial charge < -0.3 is 10.3 Å². The summed E-state index contributed by atoms with van der Waals surface area (Å²) in [4.78, 5) is 18.6. The molecule has 0 aliphatic carbocycles. The number of aromatic nitrogens is 2. The first kappa shape index (κ1) is 11.4. The molecule has 0 aliphatic heterocycles. The number of carbonyl (C=O) groups is 1. The van der Waals surface area contributed by atoms with E-state index < -0.39 is 0 Å². The van der Waals surface area contributed by atoms with Crippen molar-refractivity contribution in [1.82, 2.24) is 9.97 Å². The van der Waals surface area contributed by atoms with Gasteiger partial charge in [-0.05, 0) is 19.1 Å². The van der Waals surface area contributed by atoms with Crippen LogP contribution >= 0.6 is 0 Å². The third kappa shape index (κ3) is 2.53. The maximum absolute atomic E-state index is 11.3. The lowest BCUT2D eigenvalue weighted by atomic mass is 10.1. The number of amides is 1. The summed E-state index contributed by atoms with van der Waals surface area (Å²) in [5, 5.41) is 2.84. The zero-order valence-electron chi connectivity index (χ0n) is 9.95. The first-order valence-corrected chi connectivity index (χ1v) is 5.61. The van der Waals surface area contributed by atoms with E-state index in [0.717, 1.165) is 22.6 Å². The lowest BCUT2D eigenvalue weighted by molar-refractivity contribution is -0.115. The van der Waals surface area contributed by atoms with E-state index in [9.17, 15) is 4.79 Å². The number of nitrogens with one attached hydrogen (secondary N) is 2. The highest BCUT2D eigenvalue weighted by Gasteiger charge is 2.06. The van der Waals surface area contributed by atoms with E-state index in [-0.39, 0.29) is 5.91 Å². The number of hydrogen-bond acceptors (Lipinski definition) is 2. The Balaban J connectivity index is 2.29. The van der Waals surface area contributed by atoms with Crippen LogP contribution in [-0.2, 0) is 4.79 Å². The largest absolute Gasteiger partial charge is 0.348 e. The Morgan fingerprint density at radius 1 is 1.47 bits per heavy atom. The number of imidazole rings is 1. The van der Waals surface area contributed by atoms with E-state index in [4.69, 9.17) is 0 Å². The number of anilines is 1. The van der Waals surface area contributed by atoms with Crippen molar-refractivity contribution in [2.75, 3.05) is 5.32 Å². The van der Waals surface area contributed by atoms with E-state index in [2.05, 4.69) is 15.3 Å². The van der Waals surface area contributed by atoms with Gasteiger partial charge in [0.25, 0.3) is 0 Å². The molecule has 2 aromatic rings. The summed E-state index contributed by atoms with van der Waals surface area (Å²) in [6.45, 7) is 3.80. The van der Waals surface area contributed by atoms with Gasteiger partial charge in [0.1, 0.15) is 0 Å². The molecule has 88 valence electrons. The number of hydrogen-bond donors (Lipinski definition) is 2. The molecule has 0 aliphatic rings. The van der Waals surface area contributed by atoms with Gasteiger partial charge >= 0.3 is 0 Å². The first-order chi connectivity index (χ1) is 8.20. The Labute approximate surface area is 100 Å². The van der Waals surface area contributed by atoms with Crippen LogP contribution in [0.25, 0.3) is 11.3 Å². The third-order valence-electron chi connectivity index (χ3n) is 2.57. The molecule has 4 nitrogen and oxygen atoms in total. The summed E-state index contributed by atoms with van der Waals surface area (Å²) in [7, 11) is 0. The van der Waals surface area contributed by atoms with Gasteiger partial charge in [0, 0.05) is 23.4 Å². The van der Waals surface area contributed by atoms with Crippen molar-refractivity contribution < 1.29 is 4.79 Å². The van der Waals surface area contributed by atoms with Gasteiger partial charge in [-0.1, -0.05) is 19.1 Å². The fourth-order valence-corrected chi connectivity index (χ4v) is 1.64. The molecule has 4 heteroatoms. The van der Waals surface area contributed by atoms with Crippen LogP contribution in [0, 0.1) is 6.92 Å². The SMILES string of the molecule is CCC(=O)Nc1cccc(-c2nc[nH]c2C)c1. The van der Waals surface area contributed by atoms with Gasteiger partial charge in [-0.25, -0.2) is 4.98 Å². The number of benzene rings is 1. The highest BCUT2D eigenvalue weighted by Crippen LogP contribution is 2.22. The molecule has 2 N–H and O–H groups in total. The Morgan fingerprint density at radius 2 is 2.29 bits per heavy atom. The van der Waals surface area contributed by atoms with Gasteiger partial charge in [0.05, 0.1) is 12.0 Å². The summed E-state index contributed by atoms with van der Waals surface area (Å²) in [6.07, 6.45) is 2.15. The molecule has 0 bridgehead atoms. The maximum atomic E-state index is 11.3. The van der Waals surface area contributed by atoms with Crippen LogP contribution in [0.3, 0.4) is 0 Å². The molecule has 17 heavy (non-hydrogen) atoms. The average Bonchev–Trinajstić information content (AvgIpc) is 2.75. The topological polar surface area (TPSA) is 57.8 Å². The fourth-order valence-electron chi connectivity index (χ4n) is 1.64. The first-order valence-electron chi connectivity index (χ1n) is 5.61. The van der Waals surface area contributed by atoms with Gasteiger partial charge in [-0.2, -0.15) is 0 Å². The smallest absolute Gasteiger partial charge is 0.224 e. The number of rotatable bonds is 3. The van der Waals surface area contributed by atoms with Crippen LogP contribution in [0.15, 0.2) is 30.6 Å². The third-order valence-corrected chi connectivity index (χ3v) is 2.57. The van der Waals surface area contributed by atoms with Crippen molar-refractivity contribution in [2.45, 2.75) is 20.3 Å². The normalized spacial score (nSPS) is 10.2. The van der Waals surface area contributed by atoms with Crippen molar-refractivity contribution in [2.24, 2.45) is 0 Å². The molecular formula is C13H15N3O. The molecule has 1 aromatic heterocycles. The van der Waals surface area contributed by atoms with E-state index in [1.165, 1.54) is 0 Å². The van der Waals surface area contributed by atoms with Crippen LogP contribution in [0.2, 0.25) is 0 Å². The molecule has 0 spiro atoms. The number of carbonyl (C=O) groups excluding carboxylic acids is 1. The van der Waals surface area contributed by atoms with Crippen LogP contribution in [0.5, 0.6) is 0 Å². The molecule has 0 atom stereocenters. The minimum atomic E-state index is 0.0147. The van der Waals surface area contributed by atoms with Gasteiger partial charge in [-0.15, -0.1) is 0 Å². The van der Waals surface area contributed by atoms with E-state index >= 15 is 0 Å². The molecule has 0 saturated carbocycles. The van der Waals surface area contributed by atoms with Gasteiger partial charge in [0.2, 0.25) is 5.91 Å². The Kier molecular flexibility index (Phi) is 3.23. The van der Waals surface area contributed by atoms with Crippen molar-refractivity contribution in [3.8, 4) is 11.3 Å². The summed E-state index contributed by atoms with van der Waals surface area (Å²) < 4.78 is 0. The van der Waals surface area contributed by atoms with Crippen LogP contribution < -0.4 is 5.32 Å². The Hall–Kier alpha value is -2.10. The summed E-state index contributed by atoms with van der Waals surface area (Å²) in [6, 6.07) is 7.69. The molecule has 0 fully saturated rings. The molecule has 2 rings (SSSR count). The van der Waals surface area contributed by atoms with Crippen LogP contribution in [0.4, 0.5) is 5.69 Å². The molecule has 0 radical (unpaired) electrons. The van der Waals surface area contributed by atoms with Gasteiger partial charge in [0.15, 0.2) is 0 Å². The van der Waals surface area contributed by atoms with Crippen molar-refractivity contribution >= 4 is 11.6 Å². The van der Waals surface area contributed by atoms with Crippen molar-refractivity contribution in [3.05, 3.63) is 36.3 Å². The predicted molar refractivity (Wildman–Crippen MR) is 67.7 cm³/mol. The fraction of sp³-hybridized carbons (Fsp3) is 0.231. The minimum Gasteiger partial charge on any atom is -0.348 e. The average molecular weight is 229 g/mol. The second kappa shape index (κ2) is 4.82. The minimum absolute atomic E-state index is 0.0147. The maximum Gasteiger partial charge on any atom is 0.224 e. The van der Waals surface area contributed by atoms with Crippen molar-refractivity contribution in [3.63, 3.8) is 0 Å². The number of nitrogens with zero attached hydrogens (tertiary/aromatic N) is 1. The monoisotopic (exact) mass is 229 g/mol. The zero-order chi connectivity index (χ0) is 12.3. The molecular weight excluding hydrogens is 214 g/mol.